The molecule has 0 saturated heterocycles. The van der Waals surface area contributed by atoms with Crippen LogP contribution in [0.4, 0.5) is 10.3 Å². The molecule has 0 aliphatic heterocycles. The molecule has 4 aromatic rings. The molecule has 3 aromatic heterocycles. The van der Waals surface area contributed by atoms with Crippen LogP contribution in [0.5, 0.6) is 5.88 Å². The van der Waals surface area contributed by atoms with E-state index in [1.807, 2.05) is 25.1 Å². The van der Waals surface area contributed by atoms with Crippen molar-refractivity contribution in [2.75, 3.05) is 5.73 Å². The number of hydrogen-bond acceptors (Lipinski definition) is 5. The van der Waals surface area contributed by atoms with Crippen molar-refractivity contribution < 1.29 is 9.13 Å². The zero-order chi connectivity index (χ0) is 19.5. The van der Waals surface area contributed by atoms with Crippen molar-refractivity contribution >= 4 is 5.95 Å². The van der Waals surface area contributed by atoms with Gasteiger partial charge in [0.1, 0.15) is 12.4 Å². The number of anilines is 1. The van der Waals surface area contributed by atoms with E-state index in [4.69, 9.17) is 10.5 Å². The van der Waals surface area contributed by atoms with E-state index in [0.717, 1.165) is 28.1 Å². The van der Waals surface area contributed by atoms with Gasteiger partial charge in [0.15, 0.2) is 5.95 Å². The SMILES string of the molecule is Cc1cc(-c2[nH]c(N)nc2-c2ccc(OCc3ccc(F)cc3)nc2)ccn1. The molecule has 0 atom stereocenters. The van der Waals surface area contributed by atoms with E-state index in [1.165, 1.54) is 12.1 Å². The van der Waals surface area contributed by atoms with E-state index >= 15 is 0 Å². The number of halogens is 1. The van der Waals surface area contributed by atoms with E-state index in [2.05, 4.69) is 19.9 Å². The van der Waals surface area contributed by atoms with Crippen LogP contribution in [-0.4, -0.2) is 19.9 Å². The van der Waals surface area contributed by atoms with Crippen LogP contribution >= 0.6 is 0 Å². The Morgan fingerprint density at radius 1 is 1.04 bits per heavy atom. The Hall–Kier alpha value is -3.74. The van der Waals surface area contributed by atoms with Gasteiger partial charge in [0.25, 0.3) is 0 Å². The maximum absolute atomic E-state index is 13.0. The van der Waals surface area contributed by atoms with Crippen molar-refractivity contribution in [3.63, 3.8) is 0 Å². The molecule has 140 valence electrons. The maximum atomic E-state index is 13.0. The zero-order valence-corrected chi connectivity index (χ0v) is 15.2. The number of ether oxygens (including phenoxy) is 1. The average Bonchev–Trinajstić information content (AvgIpc) is 3.10. The highest BCUT2D eigenvalue weighted by molar-refractivity contribution is 5.79. The van der Waals surface area contributed by atoms with E-state index in [-0.39, 0.29) is 5.82 Å². The summed E-state index contributed by atoms with van der Waals surface area (Å²) >= 11 is 0. The molecule has 0 spiro atoms. The average molecular weight is 375 g/mol. The van der Waals surface area contributed by atoms with Gasteiger partial charge in [0, 0.05) is 35.3 Å². The fourth-order valence-electron chi connectivity index (χ4n) is 2.85. The van der Waals surface area contributed by atoms with Gasteiger partial charge < -0.3 is 15.5 Å². The van der Waals surface area contributed by atoms with Crippen molar-refractivity contribution in [2.24, 2.45) is 0 Å². The summed E-state index contributed by atoms with van der Waals surface area (Å²) in [4.78, 5) is 16.1. The first-order valence-electron chi connectivity index (χ1n) is 8.70. The van der Waals surface area contributed by atoms with Gasteiger partial charge in [0.05, 0.1) is 11.4 Å². The lowest BCUT2D eigenvalue weighted by Gasteiger charge is -2.07. The van der Waals surface area contributed by atoms with E-state index in [9.17, 15) is 4.39 Å². The van der Waals surface area contributed by atoms with Gasteiger partial charge in [-0.2, -0.15) is 0 Å². The molecule has 0 fully saturated rings. The van der Waals surface area contributed by atoms with Gasteiger partial charge in [-0.1, -0.05) is 12.1 Å². The molecule has 7 heteroatoms. The third-order valence-electron chi connectivity index (χ3n) is 4.22. The molecule has 6 nitrogen and oxygen atoms in total. The van der Waals surface area contributed by atoms with Gasteiger partial charge in [0.2, 0.25) is 5.88 Å². The normalized spacial score (nSPS) is 10.8. The van der Waals surface area contributed by atoms with Crippen LogP contribution in [0.3, 0.4) is 0 Å². The lowest BCUT2D eigenvalue weighted by Crippen LogP contribution is -1.97. The third kappa shape index (κ3) is 3.83. The number of nitrogens with zero attached hydrogens (tertiary/aromatic N) is 3. The number of aromatic nitrogens is 4. The quantitative estimate of drug-likeness (QED) is 0.547. The number of nitrogen functional groups attached to an aromatic ring is 1. The lowest BCUT2D eigenvalue weighted by molar-refractivity contribution is 0.294. The van der Waals surface area contributed by atoms with E-state index < -0.39 is 0 Å². The van der Waals surface area contributed by atoms with E-state index in [0.29, 0.717) is 24.1 Å². The summed E-state index contributed by atoms with van der Waals surface area (Å²) in [7, 11) is 0. The van der Waals surface area contributed by atoms with Crippen LogP contribution in [-0.2, 0) is 6.61 Å². The molecule has 3 heterocycles. The molecule has 0 radical (unpaired) electrons. The lowest BCUT2D eigenvalue weighted by atomic mass is 10.1. The minimum absolute atomic E-state index is 0.273. The number of pyridine rings is 2. The molecular weight excluding hydrogens is 357 g/mol. The molecule has 0 aliphatic carbocycles. The largest absolute Gasteiger partial charge is 0.473 e. The summed E-state index contributed by atoms with van der Waals surface area (Å²) in [5.41, 5.74) is 10.9. The van der Waals surface area contributed by atoms with Crippen molar-refractivity contribution in [1.29, 1.82) is 0 Å². The number of imidazole rings is 1. The van der Waals surface area contributed by atoms with Gasteiger partial charge in [-0.3, -0.25) is 4.98 Å². The van der Waals surface area contributed by atoms with Crippen molar-refractivity contribution in [2.45, 2.75) is 13.5 Å². The number of nitrogens with two attached hydrogens (primary N) is 1. The third-order valence-corrected chi connectivity index (χ3v) is 4.22. The summed E-state index contributed by atoms with van der Waals surface area (Å²) in [6, 6.07) is 13.7. The van der Waals surface area contributed by atoms with Gasteiger partial charge in [-0.15, -0.1) is 0 Å². The Labute approximate surface area is 161 Å². The molecule has 1 aromatic carbocycles. The summed E-state index contributed by atoms with van der Waals surface area (Å²) in [6.45, 7) is 2.24. The molecule has 0 bridgehead atoms. The van der Waals surface area contributed by atoms with Crippen LogP contribution in [0, 0.1) is 12.7 Å². The van der Waals surface area contributed by atoms with E-state index in [1.54, 1.807) is 30.6 Å². The summed E-state index contributed by atoms with van der Waals surface area (Å²) in [6.07, 6.45) is 3.43. The van der Waals surface area contributed by atoms with Crippen molar-refractivity contribution in [1.82, 2.24) is 19.9 Å². The standard InChI is InChI=1S/C21H18FN5O/c1-13-10-15(8-9-24-13)19-20(27-21(23)26-19)16-4-7-18(25-11-16)28-12-14-2-5-17(22)6-3-14/h2-11H,12H2,1H3,(H3,23,26,27). The van der Waals surface area contributed by atoms with Crippen LogP contribution in [0.2, 0.25) is 0 Å². The molecule has 3 N–H and O–H groups in total. The van der Waals surface area contributed by atoms with Crippen LogP contribution in [0.15, 0.2) is 60.9 Å². The molecule has 0 unspecified atom stereocenters. The summed E-state index contributed by atoms with van der Waals surface area (Å²) in [5, 5.41) is 0. The summed E-state index contributed by atoms with van der Waals surface area (Å²) in [5.74, 6) is 0.527. The first-order valence-corrected chi connectivity index (χ1v) is 8.70. The van der Waals surface area contributed by atoms with Gasteiger partial charge in [-0.25, -0.2) is 14.4 Å². The minimum atomic E-state index is -0.273. The smallest absolute Gasteiger partial charge is 0.213 e. The fraction of sp³-hybridized carbons (Fsp3) is 0.0952. The maximum Gasteiger partial charge on any atom is 0.213 e. The number of nitrogens with one attached hydrogen (secondary N) is 1. The Morgan fingerprint density at radius 2 is 1.86 bits per heavy atom. The van der Waals surface area contributed by atoms with Crippen molar-refractivity contribution in [3.8, 4) is 28.4 Å². The first kappa shape index (κ1) is 17.7. The summed E-state index contributed by atoms with van der Waals surface area (Å²) < 4.78 is 18.6. The predicted octanol–water partition coefficient (Wildman–Crippen LogP) is 4.14. The highest BCUT2D eigenvalue weighted by atomic mass is 19.1. The highest BCUT2D eigenvalue weighted by Crippen LogP contribution is 2.31. The predicted molar refractivity (Wildman–Crippen MR) is 105 cm³/mol. The minimum Gasteiger partial charge on any atom is -0.473 e. The number of H-pyrrole nitrogens is 1. The molecule has 0 amide bonds. The second-order valence-corrected chi connectivity index (χ2v) is 6.33. The molecule has 0 aliphatic rings. The van der Waals surface area contributed by atoms with Crippen LogP contribution in [0.25, 0.3) is 22.5 Å². The number of aryl methyl sites for hydroxylation is 1. The van der Waals surface area contributed by atoms with Crippen LogP contribution in [0.1, 0.15) is 11.3 Å². The van der Waals surface area contributed by atoms with Crippen LogP contribution < -0.4 is 10.5 Å². The molecule has 28 heavy (non-hydrogen) atoms. The first-order chi connectivity index (χ1) is 13.6. The Bertz CT molecular complexity index is 1090. The Morgan fingerprint density at radius 3 is 2.57 bits per heavy atom. The zero-order valence-electron chi connectivity index (χ0n) is 15.2. The molecular formula is C21H18FN5O. The monoisotopic (exact) mass is 375 g/mol. The number of rotatable bonds is 5. The van der Waals surface area contributed by atoms with Gasteiger partial charge >= 0.3 is 0 Å². The molecule has 4 rings (SSSR count). The van der Waals surface area contributed by atoms with Gasteiger partial charge in [-0.05, 0) is 42.8 Å². The molecule has 0 saturated carbocycles. The second-order valence-electron chi connectivity index (χ2n) is 6.33. The number of hydrogen-bond donors (Lipinski definition) is 2. The fourth-order valence-corrected chi connectivity index (χ4v) is 2.85. The number of aromatic amines is 1. The van der Waals surface area contributed by atoms with Crippen molar-refractivity contribution in [3.05, 3.63) is 78.0 Å². The topological polar surface area (TPSA) is 89.7 Å². The highest BCUT2D eigenvalue weighted by Gasteiger charge is 2.14. The Kier molecular flexibility index (Phi) is 4.72. The number of benzene rings is 1. The Balaban J connectivity index is 1.55. The second kappa shape index (κ2) is 7.48.